The molecule has 0 aliphatic carbocycles. The number of halogens is 1. The van der Waals surface area contributed by atoms with Crippen LogP contribution in [0.25, 0.3) is 16.6 Å². The summed E-state index contributed by atoms with van der Waals surface area (Å²) in [4.78, 5) is 21.7. The van der Waals surface area contributed by atoms with Crippen molar-refractivity contribution in [3.63, 3.8) is 0 Å². The topological polar surface area (TPSA) is 73.8 Å². The van der Waals surface area contributed by atoms with Gasteiger partial charge in [0.2, 0.25) is 5.89 Å². The van der Waals surface area contributed by atoms with Crippen LogP contribution < -0.4 is 5.56 Å². The highest BCUT2D eigenvalue weighted by atomic mass is 32.2. The molecule has 0 aliphatic heterocycles. The maximum Gasteiger partial charge on any atom is 0.266 e. The van der Waals surface area contributed by atoms with Gasteiger partial charge in [-0.2, -0.15) is 4.98 Å². The first-order valence-corrected chi connectivity index (χ1v) is 8.81. The minimum absolute atomic E-state index is 0.153. The molecule has 2 aromatic heterocycles. The van der Waals surface area contributed by atoms with Gasteiger partial charge in [-0.05, 0) is 31.2 Å². The van der Waals surface area contributed by atoms with Crippen molar-refractivity contribution < 1.29 is 8.91 Å². The lowest BCUT2D eigenvalue weighted by atomic mass is 10.2. The molecule has 2 heterocycles. The molecule has 0 aliphatic rings. The third-order valence-electron chi connectivity index (χ3n) is 3.73. The van der Waals surface area contributed by atoms with E-state index in [1.165, 1.54) is 22.4 Å². The predicted octanol–water partition coefficient (Wildman–Crippen LogP) is 3.51. The van der Waals surface area contributed by atoms with E-state index in [1.54, 1.807) is 49.4 Å². The third kappa shape index (κ3) is 2.99. The van der Waals surface area contributed by atoms with E-state index >= 15 is 0 Å². The van der Waals surface area contributed by atoms with Crippen LogP contribution in [0.1, 0.15) is 11.7 Å². The molecule has 0 N–H and O–H groups in total. The standard InChI is InChI=1S/C18H13FN4O2S/c1-11-20-16(25-22-11)10-26-18-21-14-8-4-2-6-12(14)17(24)23(18)15-9-5-3-7-13(15)19/h2-9H,10H2,1H3. The summed E-state index contributed by atoms with van der Waals surface area (Å²) in [5.74, 6) is 0.760. The Morgan fingerprint density at radius 1 is 1.12 bits per heavy atom. The number of rotatable bonds is 4. The van der Waals surface area contributed by atoms with E-state index < -0.39 is 5.82 Å². The lowest BCUT2D eigenvalue weighted by Crippen LogP contribution is -2.22. The van der Waals surface area contributed by atoms with Crippen molar-refractivity contribution in [2.45, 2.75) is 17.8 Å². The molecule has 26 heavy (non-hydrogen) atoms. The predicted molar refractivity (Wildman–Crippen MR) is 95.9 cm³/mol. The maximum atomic E-state index is 14.4. The minimum atomic E-state index is -0.498. The van der Waals surface area contributed by atoms with Gasteiger partial charge in [-0.1, -0.05) is 41.2 Å². The lowest BCUT2D eigenvalue weighted by molar-refractivity contribution is 0.387. The molecule has 2 aromatic carbocycles. The zero-order valence-electron chi connectivity index (χ0n) is 13.7. The van der Waals surface area contributed by atoms with E-state index in [9.17, 15) is 9.18 Å². The maximum absolute atomic E-state index is 14.4. The first-order chi connectivity index (χ1) is 12.6. The van der Waals surface area contributed by atoms with Crippen LogP contribution in [0.15, 0.2) is 63.0 Å². The molecular weight excluding hydrogens is 355 g/mol. The van der Waals surface area contributed by atoms with Crippen LogP contribution in [-0.2, 0) is 5.75 Å². The molecule has 4 rings (SSSR count). The van der Waals surface area contributed by atoms with Gasteiger partial charge in [0.05, 0.1) is 22.3 Å². The van der Waals surface area contributed by atoms with Crippen molar-refractivity contribution in [1.29, 1.82) is 0 Å². The Bertz CT molecular complexity index is 1160. The number of hydrogen-bond acceptors (Lipinski definition) is 6. The second-order valence-corrected chi connectivity index (χ2v) is 6.47. The number of benzene rings is 2. The van der Waals surface area contributed by atoms with E-state index in [2.05, 4.69) is 15.1 Å². The van der Waals surface area contributed by atoms with Gasteiger partial charge in [-0.25, -0.2) is 9.37 Å². The largest absolute Gasteiger partial charge is 0.338 e. The molecule has 130 valence electrons. The van der Waals surface area contributed by atoms with Crippen molar-refractivity contribution in [1.82, 2.24) is 19.7 Å². The fraction of sp³-hybridized carbons (Fsp3) is 0.111. The minimum Gasteiger partial charge on any atom is -0.338 e. The smallest absolute Gasteiger partial charge is 0.266 e. The van der Waals surface area contributed by atoms with Gasteiger partial charge < -0.3 is 4.52 Å². The van der Waals surface area contributed by atoms with Crippen LogP contribution in [-0.4, -0.2) is 19.7 Å². The number of fused-ring (bicyclic) bond motifs is 1. The Morgan fingerprint density at radius 3 is 2.65 bits per heavy atom. The number of thioether (sulfide) groups is 1. The highest BCUT2D eigenvalue weighted by Crippen LogP contribution is 2.25. The van der Waals surface area contributed by atoms with Crippen LogP contribution in [0, 0.1) is 12.7 Å². The first kappa shape index (κ1) is 16.5. The summed E-state index contributed by atoms with van der Waals surface area (Å²) in [5.41, 5.74) is 0.374. The van der Waals surface area contributed by atoms with E-state index in [-0.39, 0.29) is 11.2 Å². The molecule has 8 heteroatoms. The van der Waals surface area contributed by atoms with Crippen molar-refractivity contribution >= 4 is 22.7 Å². The van der Waals surface area contributed by atoms with Gasteiger partial charge >= 0.3 is 0 Å². The molecule has 0 saturated heterocycles. The average molecular weight is 368 g/mol. The number of aromatic nitrogens is 4. The highest BCUT2D eigenvalue weighted by Gasteiger charge is 2.16. The second kappa shape index (κ2) is 6.72. The normalized spacial score (nSPS) is 11.2. The van der Waals surface area contributed by atoms with Crippen molar-refractivity contribution in [3.8, 4) is 5.69 Å². The van der Waals surface area contributed by atoms with Gasteiger partial charge in [0.1, 0.15) is 5.82 Å². The Labute approximate surface area is 151 Å². The summed E-state index contributed by atoms with van der Waals surface area (Å²) < 4.78 is 20.7. The van der Waals surface area contributed by atoms with Gasteiger partial charge in [-0.3, -0.25) is 9.36 Å². The number of aryl methyl sites for hydroxylation is 1. The fourth-order valence-electron chi connectivity index (χ4n) is 2.58. The molecule has 0 saturated carbocycles. The molecule has 0 spiro atoms. The summed E-state index contributed by atoms with van der Waals surface area (Å²) in [6, 6.07) is 13.1. The van der Waals surface area contributed by atoms with Crippen molar-refractivity contribution in [2.24, 2.45) is 0 Å². The zero-order chi connectivity index (χ0) is 18.1. The summed E-state index contributed by atoms with van der Waals surface area (Å²) in [6.45, 7) is 1.72. The fourth-order valence-corrected chi connectivity index (χ4v) is 3.42. The van der Waals surface area contributed by atoms with Crippen LogP contribution in [0.4, 0.5) is 4.39 Å². The SMILES string of the molecule is Cc1noc(CSc2nc3ccccc3c(=O)n2-c2ccccc2F)n1. The van der Waals surface area contributed by atoms with Gasteiger partial charge in [0, 0.05) is 0 Å². The van der Waals surface area contributed by atoms with E-state index in [4.69, 9.17) is 4.52 Å². The highest BCUT2D eigenvalue weighted by molar-refractivity contribution is 7.98. The second-order valence-electron chi connectivity index (χ2n) is 5.53. The molecule has 0 amide bonds. The molecule has 0 fully saturated rings. The van der Waals surface area contributed by atoms with Crippen LogP contribution >= 0.6 is 11.8 Å². The molecule has 0 atom stereocenters. The van der Waals surface area contributed by atoms with Gasteiger partial charge in [0.25, 0.3) is 5.56 Å². The van der Waals surface area contributed by atoms with E-state index in [1.807, 2.05) is 0 Å². The summed E-state index contributed by atoms with van der Waals surface area (Å²) in [7, 11) is 0. The van der Waals surface area contributed by atoms with E-state index in [0.717, 1.165) is 0 Å². The average Bonchev–Trinajstić information content (AvgIpc) is 3.06. The molecule has 0 unspecified atom stereocenters. The molecule has 4 aromatic rings. The van der Waals surface area contributed by atoms with Gasteiger partial charge in [0.15, 0.2) is 11.0 Å². The Hall–Kier alpha value is -3.00. The number of para-hydroxylation sites is 2. The van der Waals surface area contributed by atoms with Crippen molar-refractivity contribution in [2.75, 3.05) is 0 Å². The van der Waals surface area contributed by atoms with E-state index in [0.29, 0.717) is 33.5 Å². The van der Waals surface area contributed by atoms with Crippen LogP contribution in [0.3, 0.4) is 0 Å². The number of hydrogen-bond donors (Lipinski definition) is 0. The Morgan fingerprint density at radius 2 is 1.88 bits per heavy atom. The molecular formula is C18H13FN4O2S. The first-order valence-electron chi connectivity index (χ1n) is 7.82. The quantitative estimate of drug-likeness (QED) is 0.405. The molecule has 0 radical (unpaired) electrons. The summed E-state index contributed by atoms with van der Waals surface area (Å²) >= 11 is 1.23. The molecule has 0 bridgehead atoms. The Kier molecular flexibility index (Phi) is 4.26. The summed E-state index contributed by atoms with van der Waals surface area (Å²) in [6.07, 6.45) is 0. The Balaban J connectivity index is 1.88. The van der Waals surface area contributed by atoms with Crippen LogP contribution in [0.2, 0.25) is 0 Å². The monoisotopic (exact) mass is 368 g/mol. The third-order valence-corrected chi connectivity index (χ3v) is 4.66. The molecule has 6 nitrogen and oxygen atoms in total. The van der Waals surface area contributed by atoms with Crippen LogP contribution in [0.5, 0.6) is 0 Å². The zero-order valence-corrected chi connectivity index (χ0v) is 14.5. The van der Waals surface area contributed by atoms with Crippen molar-refractivity contribution in [3.05, 3.63) is 76.4 Å². The lowest BCUT2D eigenvalue weighted by Gasteiger charge is -2.13. The summed E-state index contributed by atoms with van der Waals surface area (Å²) in [5, 5.41) is 4.52. The van der Waals surface area contributed by atoms with Gasteiger partial charge in [-0.15, -0.1) is 0 Å². The number of nitrogens with zero attached hydrogens (tertiary/aromatic N) is 4.